The minimum Gasteiger partial charge on any atom is -0.385 e. The topological polar surface area (TPSA) is 78.7 Å². The highest BCUT2D eigenvalue weighted by atomic mass is 32.1. The minimum atomic E-state index is -4.45. The van der Waals surface area contributed by atoms with E-state index in [0.717, 1.165) is 64.6 Å². The van der Waals surface area contributed by atoms with Crippen LogP contribution in [0.2, 0.25) is 0 Å². The number of hydrogen-bond donors (Lipinski definition) is 1. The lowest BCUT2D eigenvalue weighted by Gasteiger charge is -2.36. The first-order valence-corrected chi connectivity index (χ1v) is 12.5. The number of aliphatic hydroxyl groups is 1. The summed E-state index contributed by atoms with van der Waals surface area (Å²) < 4.78 is 38.8. The van der Waals surface area contributed by atoms with Crippen molar-refractivity contribution in [2.75, 3.05) is 24.5 Å². The predicted molar refractivity (Wildman–Crippen MR) is 122 cm³/mol. The molecule has 0 spiro atoms. The van der Waals surface area contributed by atoms with Crippen LogP contribution in [0.4, 0.5) is 18.3 Å². The van der Waals surface area contributed by atoms with Crippen LogP contribution in [0.1, 0.15) is 44.0 Å². The Balaban J connectivity index is 1.29. The van der Waals surface area contributed by atoms with Gasteiger partial charge in [0, 0.05) is 48.5 Å². The Bertz CT molecular complexity index is 1170. The molecule has 6 nitrogen and oxygen atoms in total. The fourth-order valence-corrected chi connectivity index (χ4v) is 7.08. The van der Waals surface area contributed by atoms with Gasteiger partial charge in [-0.15, -0.1) is 11.3 Å². The van der Waals surface area contributed by atoms with Gasteiger partial charge in [0.25, 0.3) is 0 Å². The Hall–Kier alpha value is -2.11. The second-order valence-electron chi connectivity index (χ2n) is 9.05. The standard InChI is InChI=1S/C22H23F3N4O2S2/c1-11-18(19-28-15(10-32-19)22(23,24)25)33-20(27-11)29-5-3-12(4-6-29)17-16-13(9-26-17)7-14(30)8-21(16,2)31/h10,12,31H,3-9H2,1-2H3. The number of Topliss-reactive ketones (excluding diaryl/α,β-unsaturated/α-hetero) is 1. The van der Waals surface area contributed by atoms with Crippen molar-refractivity contribution in [3.63, 3.8) is 0 Å². The molecule has 1 N–H and O–H groups in total. The smallest absolute Gasteiger partial charge is 0.385 e. The fourth-order valence-electron chi connectivity index (χ4n) is 5.00. The molecule has 11 heteroatoms. The maximum Gasteiger partial charge on any atom is 0.434 e. The average Bonchev–Trinajstić information content (AvgIpc) is 3.45. The van der Waals surface area contributed by atoms with E-state index < -0.39 is 17.5 Å². The number of ketones is 1. The van der Waals surface area contributed by atoms with Gasteiger partial charge >= 0.3 is 6.18 Å². The molecule has 2 aliphatic heterocycles. The second-order valence-corrected chi connectivity index (χ2v) is 10.9. The van der Waals surface area contributed by atoms with Crippen LogP contribution in [0.3, 0.4) is 0 Å². The number of halogens is 3. The van der Waals surface area contributed by atoms with Crippen LogP contribution in [-0.4, -0.2) is 51.8 Å². The molecule has 1 saturated heterocycles. The number of hydrogen-bond acceptors (Lipinski definition) is 8. The van der Waals surface area contributed by atoms with Crippen LogP contribution in [0, 0.1) is 12.8 Å². The van der Waals surface area contributed by atoms with Gasteiger partial charge in [-0.1, -0.05) is 11.3 Å². The molecule has 0 amide bonds. The van der Waals surface area contributed by atoms with Crippen LogP contribution in [0.25, 0.3) is 9.88 Å². The highest BCUT2D eigenvalue weighted by molar-refractivity contribution is 7.23. The third kappa shape index (κ3) is 4.15. The van der Waals surface area contributed by atoms with E-state index in [0.29, 0.717) is 28.5 Å². The third-order valence-electron chi connectivity index (χ3n) is 6.47. The van der Waals surface area contributed by atoms with Crippen molar-refractivity contribution < 1.29 is 23.1 Å². The van der Waals surface area contributed by atoms with Crippen molar-refractivity contribution in [1.29, 1.82) is 0 Å². The van der Waals surface area contributed by atoms with Gasteiger partial charge < -0.3 is 10.0 Å². The second kappa shape index (κ2) is 7.99. The highest BCUT2D eigenvalue weighted by Crippen LogP contribution is 2.42. The first-order chi connectivity index (χ1) is 15.5. The van der Waals surface area contributed by atoms with Crippen LogP contribution >= 0.6 is 22.7 Å². The zero-order chi connectivity index (χ0) is 23.5. The van der Waals surface area contributed by atoms with Gasteiger partial charge in [0.2, 0.25) is 0 Å². The molecule has 0 aromatic carbocycles. The third-order valence-corrected chi connectivity index (χ3v) is 8.68. The maximum absolute atomic E-state index is 12.9. The molecular formula is C22H23F3N4O2S2. The zero-order valence-electron chi connectivity index (χ0n) is 18.2. The van der Waals surface area contributed by atoms with Crippen LogP contribution in [-0.2, 0) is 11.0 Å². The fraction of sp³-hybridized carbons (Fsp3) is 0.545. The van der Waals surface area contributed by atoms with Crippen molar-refractivity contribution in [2.24, 2.45) is 10.9 Å². The van der Waals surface area contributed by atoms with E-state index in [1.807, 2.05) is 0 Å². The molecular weight excluding hydrogens is 473 g/mol. The van der Waals surface area contributed by atoms with Crippen molar-refractivity contribution in [1.82, 2.24) is 9.97 Å². The number of piperidine rings is 1. The lowest BCUT2D eigenvalue weighted by atomic mass is 9.74. The molecule has 0 saturated carbocycles. The van der Waals surface area contributed by atoms with E-state index in [1.54, 1.807) is 13.8 Å². The number of nitrogens with zero attached hydrogens (tertiary/aromatic N) is 4. The van der Waals surface area contributed by atoms with Gasteiger partial charge in [0.05, 0.1) is 22.7 Å². The summed E-state index contributed by atoms with van der Waals surface area (Å²) in [6, 6.07) is 0. The van der Waals surface area contributed by atoms with Crippen molar-refractivity contribution in [2.45, 2.75) is 51.3 Å². The van der Waals surface area contributed by atoms with Crippen LogP contribution in [0.15, 0.2) is 21.5 Å². The van der Waals surface area contributed by atoms with Gasteiger partial charge in [0.1, 0.15) is 10.8 Å². The van der Waals surface area contributed by atoms with E-state index in [2.05, 4.69) is 14.9 Å². The van der Waals surface area contributed by atoms with Crippen molar-refractivity contribution in [3.05, 3.63) is 27.9 Å². The van der Waals surface area contributed by atoms with Gasteiger partial charge in [-0.25, -0.2) is 9.97 Å². The first-order valence-electron chi connectivity index (χ1n) is 10.8. The number of carbonyl (C=O) groups is 1. The summed E-state index contributed by atoms with van der Waals surface area (Å²) in [5, 5.41) is 13.1. The van der Waals surface area contributed by atoms with Gasteiger partial charge in [-0.3, -0.25) is 9.79 Å². The Morgan fingerprint density at radius 1 is 1.24 bits per heavy atom. The molecule has 4 heterocycles. The zero-order valence-corrected chi connectivity index (χ0v) is 19.8. The van der Waals surface area contributed by atoms with Crippen molar-refractivity contribution >= 4 is 39.3 Å². The molecule has 5 rings (SSSR count). The molecule has 0 radical (unpaired) electrons. The number of anilines is 1. The molecule has 2 aromatic heterocycles. The maximum atomic E-state index is 12.9. The number of carbonyl (C=O) groups excluding carboxylic acids is 1. The summed E-state index contributed by atoms with van der Waals surface area (Å²) >= 11 is 2.36. The summed E-state index contributed by atoms with van der Waals surface area (Å²) in [6.45, 7) is 5.48. The molecule has 1 unspecified atom stereocenters. The lowest BCUT2D eigenvalue weighted by Crippen LogP contribution is -2.42. The summed E-state index contributed by atoms with van der Waals surface area (Å²) in [5.74, 6) is 0.268. The molecule has 176 valence electrons. The number of alkyl halides is 3. The molecule has 2 aromatic rings. The quantitative estimate of drug-likeness (QED) is 0.668. The van der Waals surface area contributed by atoms with E-state index in [4.69, 9.17) is 4.99 Å². The molecule has 1 fully saturated rings. The van der Waals surface area contributed by atoms with Gasteiger partial charge in [0.15, 0.2) is 10.8 Å². The largest absolute Gasteiger partial charge is 0.434 e. The monoisotopic (exact) mass is 496 g/mol. The summed E-state index contributed by atoms with van der Waals surface area (Å²) in [4.78, 5) is 27.9. The first kappa shape index (κ1) is 22.7. The van der Waals surface area contributed by atoms with E-state index >= 15 is 0 Å². The van der Waals surface area contributed by atoms with Crippen molar-refractivity contribution in [3.8, 4) is 9.88 Å². The molecule has 33 heavy (non-hydrogen) atoms. The number of aromatic nitrogens is 2. The van der Waals surface area contributed by atoms with Gasteiger partial charge in [-0.2, -0.15) is 13.2 Å². The number of thiazole rings is 2. The molecule has 0 bridgehead atoms. The number of aliphatic imine (C=N–C) groups is 1. The van der Waals surface area contributed by atoms with E-state index in [-0.39, 0.29) is 18.1 Å². The summed E-state index contributed by atoms with van der Waals surface area (Å²) in [5.41, 5.74) is 1.43. The normalized spacial score (nSPS) is 24.5. The number of rotatable bonds is 3. The Labute approximate surface area is 196 Å². The van der Waals surface area contributed by atoms with E-state index in [9.17, 15) is 23.1 Å². The molecule has 3 aliphatic rings. The summed E-state index contributed by atoms with van der Waals surface area (Å²) in [6.07, 6.45) is -2.26. The highest BCUT2D eigenvalue weighted by Gasteiger charge is 2.43. The Morgan fingerprint density at radius 3 is 2.64 bits per heavy atom. The number of aryl methyl sites for hydroxylation is 1. The van der Waals surface area contributed by atoms with Crippen LogP contribution in [0.5, 0.6) is 0 Å². The summed E-state index contributed by atoms with van der Waals surface area (Å²) in [7, 11) is 0. The molecule has 1 atom stereocenters. The minimum absolute atomic E-state index is 0.0579. The SMILES string of the molecule is Cc1nc(N2CCC(C3=NCC4=C3C(C)(O)CC(=O)C4)CC2)sc1-c1nc(C(F)(F)F)cs1. The Kier molecular flexibility index (Phi) is 5.49. The Morgan fingerprint density at radius 2 is 1.97 bits per heavy atom. The van der Waals surface area contributed by atoms with Crippen LogP contribution < -0.4 is 4.90 Å². The van der Waals surface area contributed by atoms with E-state index in [1.165, 1.54) is 11.3 Å². The lowest BCUT2D eigenvalue weighted by molar-refractivity contribution is -0.140. The average molecular weight is 497 g/mol. The van der Waals surface area contributed by atoms with Gasteiger partial charge in [-0.05, 0) is 32.3 Å². The molecule has 1 aliphatic carbocycles. The predicted octanol–water partition coefficient (Wildman–Crippen LogP) is 4.68.